The molecule has 0 aliphatic carbocycles. The van der Waals surface area contributed by atoms with Crippen LogP contribution in [0.3, 0.4) is 0 Å². The Kier molecular flexibility index (Phi) is 11.0. The SMILES string of the molecule is CN=C(NCCNC(C)(C)C)N(C)CCOc1ccccc1C.I. The second kappa shape index (κ2) is 11.5. The van der Waals surface area contributed by atoms with Gasteiger partial charge in [0.2, 0.25) is 0 Å². The lowest BCUT2D eigenvalue weighted by Crippen LogP contribution is -2.45. The van der Waals surface area contributed by atoms with Crippen LogP contribution < -0.4 is 15.4 Å². The monoisotopic (exact) mass is 448 g/mol. The fraction of sp³-hybridized carbons (Fsp3) is 0.611. The normalized spacial score (nSPS) is 11.7. The number of nitrogens with one attached hydrogen (secondary N) is 2. The summed E-state index contributed by atoms with van der Waals surface area (Å²) in [4.78, 5) is 6.39. The minimum absolute atomic E-state index is 0. The molecule has 0 aliphatic heterocycles. The molecule has 0 saturated heterocycles. The summed E-state index contributed by atoms with van der Waals surface area (Å²) < 4.78 is 5.84. The van der Waals surface area contributed by atoms with Crippen molar-refractivity contribution in [3.63, 3.8) is 0 Å². The van der Waals surface area contributed by atoms with Crippen LogP contribution in [0, 0.1) is 6.92 Å². The summed E-state index contributed by atoms with van der Waals surface area (Å²) in [5.74, 6) is 1.83. The van der Waals surface area contributed by atoms with Crippen LogP contribution in [0.1, 0.15) is 26.3 Å². The van der Waals surface area contributed by atoms with E-state index < -0.39 is 0 Å². The molecule has 5 nitrogen and oxygen atoms in total. The lowest BCUT2D eigenvalue weighted by Gasteiger charge is -2.24. The molecule has 1 aromatic carbocycles. The van der Waals surface area contributed by atoms with Crippen molar-refractivity contribution in [2.45, 2.75) is 33.2 Å². The topological polar surface area (TPSA) is 48.9 Å². The largest absolute Gasteiger partial charge is 0.491 e. The average Bonchev–Trinajstić information content (AvgIpc) is 2.48. The lowest BCUT2D eigenvalue weighted by atomic mass is 10.1. The Balaban J connectivity index is 0.00000529. The third kappa shape index (κ3) is 9.32. The van der Waals surface area contributed by atoms with Gasteiger partial charge in [-0.2, -0.15) is 0 Å². The Morgan fingerprint density at radius 1 is 1.21 bits per heavy atom. The van der Waals surface area contributed by atoms with Crippen molar-refractivity contribution in [2.24, 2.45) is 4.99 Å². The van der Waals surface area contributed by atoms with Crippen molar-refractivity contribution in [2.75, 3.05) is 40.3 Å². The van der Waals surface area contributed by atoms with Crippen LogP contribution in [0.5, 0.6) is 5.75 Å². The van der Waals surface area contributed by atoms with Gasteiger partial charge in [0.15, 0.2) is 5.96 Å². The van der Waals surface area contributed by atoms with Gasteiger partial charge in [0.25, 0.3) is 0 Å². The number of aliphatic imine (C=N–C) groups is 1. The standard InChI is InChI=1S/C18H32N4O.HI/c1-15-9-7-8-10-16(15)23-14-13-22(6)17(19-5)20-11-12-21-18(2,3)4;/h7-10,21H,11-14H2,1-6H3,(H,19,20);1H. The van der Waals surface area contributed by atoms with Gasteiger partial charge in [-0.05, 0) is 39.3 Å². The Bertz CT molecular complexity index is 500. The average molecular weight is 448 g/mol. The first-order chi connectivity index (χ1) is 10.8. The Hall–Kier alpha value is -1.02. The second-order valence-electron chi connectivity index (χ2n) is 6.69. The van der Waals surface area contributed by atoms with Crippen LogP contribution >= 0.6 is 24.0 Å². The van der Waals surface area contributed by atoms with E-state index in [-0.39, 0.29) is 29.5 Å². The molecule has 138 valence electrons. The van der Waals surface area contributed by atoms with Gasteiger partial charge in [0.05, 0.1) is 6.54 Å². The third-order valence-corrected chi connectivity index (χ3v) is 3.41. The number of hydrogen-bond donors (Lipinski definition) is 2. The van der Waals surface area contributed by atoms with Gasteiger partial charge < -0.3 is 20.3 Å². The van der Waals surface area contributed by atoms with E-state index in [9.17, 15) is 0 Å². The smallest absolute Gasteiger partial charge is 0.193 e. The van der Waals surface area contributed by atoms with E-state index in [2.05, 4.69) is 54.3 Å². The van der Waals surface area contributed by atoms with Crippen molar-refractivity contribution in [3.05, 3.63) is 29.8 Å². The van der Waals surface area contributed by atoms with Gasteiger partial charge in [-0.1, -0.05) is 18.2 Å². The van der Waals surface area contributed by atoms with Gasteiger partial charge in [-0.3, -0.25) is 4.99 Å². The molecule has 0 aliphatic rings. The molecule has 24 heavy (non-hydrogen) atoms. The molecule has 0 aromatic heterocycles. The van der Waals surface area contributed by atoms with Crippen molar-refractivity contribution in [1.29, 1.82) is 0 Å². The summed E-state index contributed by atoms with van der Waals surface area (Å²) >= 11 is 0. The van der Waals surface area contributed by atoms with E-state index in [4.69, 9.17) is 4.74 Å². The van der Waals surface area contributed by atoms with E-state index in [1.54, 1.807) is 7.05 Å². The molecule has 0 atom stereocenters. The molecular weight excluding hydrogens is 415 g/mol. The van der Waals surface area contributed by atoms with E-state index >= 15 is 0 Å². The molecule has 0 saturated carbocycles. The van der Waals surface area contributed by atoms with Gasteiger partial charge in [-0.25, -0.2) is 0 Å². The zero-order valence-corrected chi connectivity index (χ0v) is 18.2. The van der Waals surface area contributed by atoms with E-state index in [0.29, 0.717) is 6.61 Å². The fourth-order valence-electron chi connectivity index (χ4n) is 2.11. The molecular formula is C18H33IN4O. The second-order valence-corrected chi connectivity index (χ2v) is 6.69. The summed E-state index contributed by atoms with van der Waals surface area (Å²) in [6.45, 7) is 11.7. The number of aryl methyl sites for hydroxylation is 1. The first kappa shape index (κ1) is 23.0. The van der Waals surface area contributed by atoms with Crippen LogP contribution in [0.2, 0.25) is 0 Å². The number of hydrogen-bond acceptors (Lipinski definition) is 3. The highest BCUT2D eigenvalue weighted by atomic mass is 127. The summed E-state index contributed by atoms with van der Waals surface area (Å²) in [7, 11) is 3.83. The van der Waals surface area contributed by atoms with Gasteiger partial charge in [-0.15, -0.1) is 24.0 Å². The highest BCUT2D eigenvalue weighted by Crippen LogP contribution is 2.15. The number of benzene rings is 1. The molecule has 6 heteroatoms. The first-order valence-corrected chi connectivity index (χ1v) is 8.19. The molecule has 0 fully saturated rings. The predicted octanol–water partition coefficient (Wildman–Crippen LogP) is 2.89. The van der Waals surface area contributed by atoms with Crippen molar-refractivity contribution in [3.8, 4) is 5.75 Å². The molecule has 1 rings (SSSR count). The summed E-state index contributed by atoms with van der Waals surface area (Å²) in [6, 6.07) is 8.07. The first-order valence-electron chi connectivity index (χ1n) is 8.19. The third-order valence-electron chi connectivity index (χ3n) is 3.41. The zero-order chi connectivity index (χ0) is 17.3. The van der Waals surface area contributed by atoms with Crippen LogP contribution in [-0.2, 0) is 0 Å². The summed E-state index contributed by atoms with van der Waals surface area (Å²) in [5.41, 5.74) is 1.30. The minimum atomic E-state index is 0. The highest BCUT2D eigenvalue weighted by Gasteiger charge is 2.09. The summed E-state index contributed by atoms with van der Waals surface area (Å²) in [5, 5.41) is 6.81. The minimum Gasteiger partial charge on any atom is -0.491 e. The van der Waals surface area contributed by atoms with Crippen LogP contribution in [0.25, 0.3) is 0 Å². The number of guanidine groups is 1. The molecule has 0 unspecified atom stereocenters. The Morgan fingerprint density at radius 2 is 1.88 bits per heavy atom. The fourth-order valence-corrected chi connectivity index (χ4v) is 2.11. The molecule has 0 spiro atoms. The quantitative estimate of drug-likeness (QED) is 0.292. The van der Waals surface area contributed by atoms with E-state index in [1.165, 1.54) is 0 Å². The summed E-state index contributed by atoms with van der Waals surface area (Å²) in [6.07, 6.45) is 0. The number of nitrogens with zero attached hydrogens (tertiary/aromatic N) is 2. The molecule has 2 N–H and O–H groups in total. The molecule has 0 amide bonds. The van der Waals surface area contributed by atoms with Gasteiger partial charge in [0.1, 0.15) is 12.4 Å². The maximum absolute atomic E-state index is 5.84. The number of likely N-dealkylation sites (N-methyl/N-ethyl adjacent to an activating group) is 1. The lowest BCUT2D eigenvalue weighted by molar-refractivity contribution is 0.280. The zero-order valence-electron chi connectivity index (χ0n) is 15.8. The molecule has 0 radical (unpaired) electrons. The maximum Gasteiger partial charge on any atom is 0.193 e. The van der Waals surface area contributed by atoms with Crippen LogP contribution in [-0.4, -0.2) is 56.7 Å². The number of halogens is 1. The van der Waals surface area contributed by atoms with Crippen LogP contribution in [0.4, 0.5) is 0 Å². The van der Waals surface area contributed by atoms with Crippen molar-refractivity contribution >= 4 is 29.9 Å². The molecule has 1 aromatic rings. The molecule has 0 heterocycles. The van der Waals surface area contributed by atoms with Crippen molar-refractivity contribution in [1.82, 2.24) is 15.5 Å². The Morgan fingerprint density at radius 3 is 2.46 bits per heavy atom. The van der Waals surface area contributed by atoms with Crippen molar-refractivity contribution < 1.29 is 4.74 Å². The number of rotatable bonds is 7. The van der Waals surface area contributed by atoms with Gasteiger partial charge in [0, 0.05) is 32.7 Å². The van der Waals surface area contributed by atoms with Gasteiger partial charge >= 0.3 is 0 Å². The Labute approximate surface area is 164 Å². The highest BCUT2D eigenvalue weighted by molar-refractivity contribution is 14.0. The van der Waals surface area contributed by atoms with Crippen LogP contribution in [0.15, 0.2) is 29.3 Å². The van der Waals surface area contributed by atoms with E-state index in [0.717, 1.165) is 36.9 Å². The van der Waals surface area contributed by atoms with E-state index in [1.807, 2.05) is 25.2 Å². The molecule has 0 bridgehead atoms. The predicted molar refractivity (Wildman–Crippen MR) is 114 cm³/mol. The number of para-hydroxylation sites is 1. The maximum atomic E-state index is 5.84. The number of ether oxygens (including phenoxy) is 1.